The third kappa shape index (κ3) is 7.02. The standard InChI is InChI=1S/C16H34N2O2/c1-5-16-12-17-15(11-14(2)3)13-18(16)7-6-8-20-10-9-19-4/h14-17H,5-13H2,1-4H3. The van der Waals surface area contributed by atoms with E-state index in [1.807, 2.05) is 0 Å². The maximum atomic E-state index is 5.56. The van der Waals surface area contributed by atoms with Crippen molar-refractivity contribution in [2.45, 2.75) is 52.1 Å². The van der Waals surface area contributed by atoms with Gasteiger partial charge >= 0.3 is 0 Å². The van der Waals surface area contributed by atoms with E-state index in [9.17, 15) is 0 Å². The lowest BCUT2D eigenvalue weighted by atomic mass is 9.99. The maximum Gasteiger partial charge on any atom is 0.0700 e. The van der Waals surface area contributed by atoms with Crippen molar-refractivity contribution in [2.75, 3.05) is 46.6 Å². The predicted octanol–water partition coefficient (Wildman–Crippen LogP) is 2.14. The topological polar surface area (TPSA) is 33.7 Å². The van der Waals surface area contributed by atoms with Gasteiger partial charge in [-0.05, 0) is 25.2 Å². The largest absolute Gasteiger partial charge is 0.382 e. The minimum absolute atomic E-state index is 0.659. The summed E-state index contributed by atoms with van der Waals surface area (Å²) in [6.45, 7) is 12.6. The summed E-state index contributed by atoms with van der Waals surface area (Å²) in [5.41, 5.74) is 0. The number of nitrogens with one attached hydrogen (secondary N) is 1. The Morgan fingerprint density at radius 3 is 2.70 bits per heavy atom. The van der Waals surface area contributed by atoms with Gasteiger partial charge in [-0.15, -0.1) is 0 Å². The van der Waals surface area contributed by atoms with Gasteiger partial charge in [-0.2, -0.15) is 0 Å². The molecular weight excluding hydrogens is 252 g/mol. The van der Waals surface area contributed by atoms with Crippen LogP contribution in [0.2, 0.25) is 0 Å². The molecule has 1 aliphatic heterocycles. The number of rotatable bonds is 10. The summed E-state index contributed by atoms with van der Waals surface area (Å²) in [6.07, 6.45) is 3.62. The maximum absolute atomic E-state index is 5.56. The Labute approximate surface area is 125 Å². The van der Waals surface area contributed by atoms with Gasteiger partial charge in [0.2, 0.25) is 0 Å². The second kappa shape index (κ2) is 10.6. The molecular formula is C16H34N2O2. The Morgan fingerprint density at radius 1 is 1.25 bits per heavy atom. The third-order valence-corrected chi connectivity index (χ3v) is 4.01. The second-order valence-electron chi connectivity index (χ2n) is 6.25. The lowest BCUT2D eigenvalue weighted by molar-refractivity contribution is 0.0564. The van der Waals surface area contributed by atoms with Crippen molar-refractivity contribution in [3.63, 3.8) is 0 Å². The summed E-state index contributed by atoms with van der Waals surface area (Å²) in [5.74, 6) is 0.768. The highest BCUT2D eigenvalue weighted by Crippen LogP contribution is 2.15. The Bertz CT molecular complexity index is 237. The lowest BCUT2D eigenvalue weighted by Crippen LogP contribution is -2.56. The van der Waals surface area contributed by atoms with Crippen LogP contribution in [0.5, 0.6) is 0 Å². The Kier molecular flexibility index (Phi) is 9.44. The smallest absolute Gasteiger partial charge is 0.0700 e. The minimum Gasteiger partial charge on any atom is -0.382 e. The molecule has 120 valence electrons. The molecule has 0 saturated carbocycles. The third-order valence-electron chi connectivity index (χ3n) is 4.01. The molecule has 2 atom stereocenters. The molecule has 0 radical (unpaired) electrons. The van der Waals surface area contributed by atoms with Gasteiger partial charge in [0.05, 0.1) is 13.2 Å². The molecule has 1 heterocycles. The first-order valence-corrected chi connectivity index (χ1v) is 8.21. The molecule has 1 fully saturated rings. The van der Waals surface area contributed by atoms with Crippen LogP contribution in [0.3, 0.4) is 0 Å². The van der Waals surface area contributed by atoms with E-state index in [1.54, 1.807) is 7.11 Å². The number of hydrogen-bond acceptors (Lipinski definition) is 4. The van der Waals surface area contributed by atoms with Crippen LogP contribution in [0.4, 0.5) is 0 Å². The number of hydrogen-bond donors (Lipinski definition) is 1. The first-order chi connectivity index (χ1) is 9.67. The Morgan fingerprint density at radius 2 is 2.05 bits per heavy atom. The first kappa shape index (κ1) is 17.9. The van der Waals surface area contributed by atoms with E-state index in [1.165, 1.54) is 19.4 Å². The fourth-order valence-electron chi connectivity index (χ4n) is 2.95. The average Bonchev–Trinajstić information content (AvgIpc) is 2.42. The van der Waals surface area contributed by atoms with Gasteiger partial charge < -0.3 is 14.8 Å². The molecule has 1 saturated heterocycles. The van der Waals surface area contributed by atoms with E-state index in [4.69, 9.17) is 9.47 Å². The molecule has 1 N–H and O–H groups in total. The fraction of sp³-hybridized carbons (Fsp3) is 1.00. The van der Waals surface area contributed by atoms with Crippen molar-refractivity contribution in [3.8, 4) is 0 Å². The molecule has 4 nitrogen and oxygen atoms in total. The van der Waals surface area contributed by atoms with Crippen LogP contribution in [-0.2, 0) is 9.47 Å². The molecule has 1 rings (SSSR count). The fourth-order valence-corrected chi connectivity index (χ4v) is 2.95. The second-order valence-corrected chi connectivity index (χ2v) is 6.25. The number of methoxy groups -OCH3 is 1. The highest BCUT2D eigenvalue weighted by molar-refractivity contribution is 4.85. The quantitative estimate of drug-likeness (QED) is 0.624. The summed E-state index contributed by atoms with van der Waals surface area (Å²) < 4.78 is 10.5. The van der Waals surface area contributed by atoms with Crippen LogP contribution in [0.15, 0.2) is 0 Å². The monoisotopic (exact) mass is 286 g/mol. The van der Waals surface area contributed by atoms with E-state index >= 15 is 0 Å². The lowest BCUT2D eigenvalue weighted by Gasteiger charge is -2.40. The van der Waals surface area contributed by atoms with Crippen molar-refractivity contribution in [3.05, 3.63) is 0 Å². The number of piperazine rings is 1. The highest BCUT2D eigenvalue weighted by atomic mass is 16.5. The highest BCUT2D eigenvalue weighted by Gasteiger charge is 2.26. The zero-order valence-corrected chi connectivity index (χ0v) is 13.9. The number of ether oxygens (including phenoxy) is 2. The van der Waals surface area contributed by atoms with Gasteiger partial charge in [-0.1, -0.05) is 20.8 Å². The Hall–Kier alpha value is -0.160. The van der Waals surface area contributed by atoms with Crippen LogP contribution in [-0.4, -0.2) is 63.5 Å². The molecule has 4 heteroatoms. The molecule has 1 aliphatic rings. The van der Waals surface area contributed by atoms with Gasteiger partial charge in [0.15, 0.2) is 0 Å². The van der Waals surface area contributed by atoms with Gasteiger partial charge in [0, 0.05) is 45.4 Å². The van der Waals surface area contributed by atoms with E-state index < -0.39 is 0 Å². The molecule has 20 heavy (non-hydrogen) atoms. The summed E-state index contributed by atoms with van der Waals surface area (Å²) in [5, 5.41) is 3.71. The van der Waals surface area contributed by atoms with Gasteiger partial charge in [0.1, 0.15) is 0 Å². The van der Waals surface area contributed by atoms with Gasteiger partial charge in [-0.25, -0.2) is 0 Å². The summed E-state index contributed by atoms with van der Waals surface area (Å²) in [4.78, 5) is 2.66. The Balaban J connectivity index is 2.24. The molecule has 2 unspecified atom stereocenters. The zero-order valence-electron chi connectivity index (χ0n) is 13.9. The van der Waals surface area contributed by atoms with Crippen LogP contribution in [0, 0.1) is 5.92 Å². The summed E-state index contributed by atoms with van der Waals surface area (Å²) >= 11 is 0. The minimum atomic E-state index is 0.659. The van der Waals surface area contributed by atoms with Crippen molar-refractivity contribution >= 4 is 0 Å². The van der Waals surface area contributed by atoms with Gasteiger partial charge in [0.25, 0.3) is 0 Å². The van der Waals surface area contributed by atoms with Crippen LogP contribution >= 0.6 is 0 Å². The molecule has 0 aliphatic carbocycles. The summed E-state index contributed by atoms with van der Waals surface area (Å²) in [6, 6.07) is 1.35. The SMILES string of the molecule is CCC1CNC(CC(C)C)CN1CCCOCCOC. The van der Waals surface area contributed by atoms with Crippen LogP contribution in [0.1, 0.15) is 40.0 Å². The van der Waals surface area contributed by atoms with Gasteiger partial charge in [-0.3, -0.25) is 4.90 Å². The van der Waals surface area contributed by atoms with Crippen molar-refractivity contribution < 1.29 is 9.47 Å². The van der Waals surface area contributed by atoms with E-state index in [2.05, 4.69) is 31.0 Å². The zero-order chi connectivity index (χ0) is 14.8. The molecule has 0 amide bonds. The van der Waals surface area contributed by atoms with E-state index in [0.29, 0.717) is 25.3 Å². The number of nitrogens with zero attached hydrogens (tertiary/aromatic N) is 1. The van der Waals surface area contributed by atoms with Crippen molar-refractivity contribution in [2.24, 2.45) is 5.92 Å². The molecule has 0 aromatic heterocycles. The van der Waals surface area contributed by atoms with Crippen molar-refractivity contribution in [1.82, 2.24) is 10.2 Å². The predicted molar refractivity (Wildman–Crippen MR) is 84.2 cm³/mol. The first-order valence-electron chi connectivity index (χ1n) is 8.21. The van der Waals surface area contributed by atoms with Crippen LogP contribution < -0.4 is 5.32 Å². The molecule has 0 aromatic carbocycles. The van der Waals surface area contributed by atoms with Crippen LogP contribution in [0.25, 0.3) is 0 Å². The van der Waals surface area contributed by atoms with Crippen molar-refractivity contribution in [1.29, 1.82) is 0 Å². The average molecular weight is 286 g/mol. The van der Waals surface area contributed by atoms with E-state index in [0.717, 1.165) is 32.0 Å². The normalized spacial score (nSPS) is 24.4. The van der Waals surface area contributed by atoms with E-state index in [-0.39, 0.29) is 0 Å². The molecule has 0 spiro atoms. The molecule has 0 aromatic rings. The summed E-state index contributed by atoms with van der Waals surface area (Å²) in [7, 11) is 1.71. The molecule has 0 bridgehead atoms.